The third-order valence-corrected chi connectivity index (χ3v) is 5.50. The highest BCUT2D eigenvalue weighted by Crippen LogP contribution is 2.37. The standard InChI is InChI=1S/C19H22N6O3.ClH/c1-20-8-13-15(26)16(27)19(28-13)25-10-23-14-17(21-9-22-18(14)25)24-7-6-11-4-2-3-5-12(11)24;/h2-5,9-10,13,15-16,19-20,26-27H,6-8H2,1H3;1H/t13-,15-,16-,19-;/m1./s1. The van der Waals surface area contributed by atoms with E-state index in [4.69, 9.17) is 4.74 Å². The Kier molecular flexibility index (Phi) is 5.41. The van der Waals surface area contributed by atoms with Crippen molar-refractivity contribution in [3.63, 3.8) is 0 Å². The second-order valence-electron chi connectivity index (χ2n) is 7.16. The van der Waals surface area contributed by atoms with Gasteiger partial charge in [-0.05, 0) is 25.1 Å². The Balaban J connectivity index is 0.00000205. The van der Waals surface area contributed by atoms with E-state index < -0.39 is 24.5 Å². The zero-order chi connectivity index (χ0) is 19.3. The predicted molar refractivity (Wildman–Crippen MR) is 110 cm³/mol. The molecule has 0 saturated carbocycles. The van der Waals surface area contributed by atoms with E-state index in [0.717, 1.165) is 24.5 Å². The molecule has 4 heterocycles. The van der Waals surface area contributed by atoms with Crippen LogP contribution >= 0.6 is 12.4 Å². The van der Waals surface area contributed by atoms with Gasteiger partial charge in [-0.1, -0.05) is 18.2 Å². The number of anilines is 2. The number of halogens is 1. The van der Waals surface area contributed by atoms with Crippen molar-refractivity contribution in [1.29, 1.82) is 0 Å². The number of aliphatic hydroxyl groups is 2. The van der Waals surface area contributed by atoms with E-state index >= 15 is 0 Å². The Morgan fingerprint density at radius 3 is 2.83 bits per heavy atom. The summed E-state index contributed by atoms with van der Waals surface area (Å²) in [7, 11) is 1.77. The first-order valence-corrected chi connectivity index (χ1v) is 9.38. The van der Waals surface area contributed by atoms with Gasteiger partial charge in [-0.3, -0.25) is 4.57 Å². The highest BCUT2D eigenvalue weighted by atomic mass is 35.5. The largest absolute Gasteiger partial charge is 0.387 e. The van der Waals surface area contributed by atoms with Gasteiger partial charge in [0.15, 0.2) is 23.2 Å². The second-order valence-corrected chi connectivity index (χ2v) is 7.16. The third kappa shape index (κ3) is 3.15. The van der Waals surface area contributed by atoms with Crippen molar-refractivity contribution in [1.82, 2.24) is 24.8 Å². The molecule has 9 nitrogen and oxygen atoms in total. The number of benzene rings is 1. The van der Waals surface area contributed by atoms with Crippen LogP contribution in [0.2, 0.25) is 0 Å². The minimum Gasteiger partial charge on any atom is -0.387 e. The van der Waals surface area contributed by atoms with E-state index in [1.54, 1.807) is 17.9 Å². The molecule has 0 radical (unpaired) electrons. The van der Waals surface area contributed by atoms with Crippen LogP contribution in [0, 0.1) is 0 Å². The third-order valence-electron chi connectivity index (χ3n) is 5.50. The van der Waals surface area contributed by atoms with Gasteiger partial charge in [0.05, 0.1) is 6.33 Å². The van der Waals surface area contributed by atoms with Crippen LogP contribution in [0.4, 0.5) is 11.5 Å². The number of ether oxygens (including phenoxy) is 1. The van der Waals surface area contributed by atoms with Crippen molar-refractivity contribution in [2.45, 2.75) is 31.0 Å². The molecule has 4 atom stereocenters. The van der Waals surface area contributed by atoms with E-state index in [-0.39, 0.29) is 12.4 Å². The van der Waals surface area contributed by atoms with Gasteiger partial charge < -0.3 is 25.2 Å². The van der Waals surface area contributed by atoms with Gasteiger partial charge in [-0.25, -0.2) is 15.0 Å². The van der Waals surface area contributed by atoms with E-state index in [2.05, 4.69) is 37.3 Å². The molecule has 10 heteroatoms. The molecule has 0 bridgehead atoms. The molecule has 0 spiro atoms. The lowest BCUT2D eigenvalue weighted by atomic mass is 10.1. The summed E-state index contributed by atoms with van der Waals surface area (Å²) in [4.78, 5) is 15.5. The topological polar surface area (TPSA) is 109 Å². The molecule has 0 aliphatic carbocycles. The Morgan fingerprint density at radius 2 is 2.00 bits per heavy atom. The average Bonchev–Trinajstić information content (AvgIpc) is 3.40. The number of hydrogen-bond donors (Lipinski definition) is 3. The molecule has 3 N–H and O–H groups in total. The number of imidazole rings is 1. The highest BCUT2D eigenvalue weighted by molar-refractivity contribution is 5.87. The van der Waals surface area contributed by atoms with Crippen molar-refractivity contribution in [3.05, 3.63) is 42.5 Å². The van der Waals surface area contributed by atoms with Gasteiger partial charge in [0.2, 0.25) is 0 Å². The second kappa shape index (κ2) is 7.85. The Labute approximate surface area is 173 Å². The maximum Gasteiger partial charge on any atom is 0.167 e. The number of likely N-dealkylation sites (N-methyl/N-ethyl adjacent to an activating group) is 1. The zero-order valence-corrected chi connectivity index (χ0v) is 16.7. The molecule has 0 amide bonds. The molecule has 0 unspecified atom stereocenters. The van der Waals surface area contributed by atoms with Crippen LogP contribution in [-0.4, -0.2) is 68.2 Å². The lowest BCUT2D eigenvalue weighted by molar-refractivity contribution is -0.0337. The molecule has 3 aromatic rings. The van der Waals surface area contributed by atoms with Crippen LogP contribution in [0.5, 0.6) is 0 Å². The van der Waals surface area contributed by atoms with Crippen LogP contribution in [0.25, 0.3) is 11.2 Å². The van der Waals surface area contributed by atoms with Gasteiger partial charge in [-0.15, -0.1) is 12.4 Å². The molecule has 154 valence electrons. The van der Waals surface area contributed by atoms with E-state index in [1.165, 1.54) is 11.9 Å². The fraction of sp³-hybridized carbons (Fsp3) is 0.421. The molecule has 29 heavy (non-hydrogen) atoms. The maximum absolute atomic E-state index is 10.5. The Bertz CT molecular complexity index is 1010. The van der Waals surface area contributed by atoms with Gasteiger partial charge in [0.1, 0.15) is 24.6 Å². The predicted octanol–water partition coefficient (Wildman–Crippen LogP) is 0.781. The molecule has 1 saturated heterocycles. The summed E-state index contributed by atoms with van der Waals surface area (Å²) in [6.07, 6.45) is 0.724. The van der Waals surface area contributed by atoms with E-state index in [1.807, 2.05) is 12.1 Å². The van der Waals surface area contributed by atoms with Gasteiger partial charge in [-0.2, -0.15) is 0 Å². The molecule has 2 aliphatic rings. The van der Waals surface area contributed by atoms with Crippen molar-refractivity contribution in [2.75, 3.05) is 25.0 Å². The van der Waals surface area contributed by atoms with Crippen LogP contribution in [0.1, 0.15) is 11.8 Å². The average molecular weight is 419 g/mol. The van der Waals surface area contributed by atoms with E-state index in [9.17, 15) is 10.2 Å². The van der Waals surface area contributed by atoms with Crippen molar-refractivity contribution < 1.29 is 14.9 Å². The van der Waals surface area contributed by atoms with Crippen LogP contribution in [0.15, 0.2) is 36.9 Å². The van der Waals surface area contributed by atoms with Crippen LogP contribution in [0.3, 0.4) is 0 Å². The smallest absolute Gasteiger partial charge is 0.167 e. The fourth-order valence-electron chi connectivity index (χ4n) is 4.11. The summed E-state index contributed by atoms with van der Waals surface area (Å²) in [5, 5.41) is 23.7. The van der Waals surface area contributed by atoms with Crippen molar-refractivity contribution >= 4 is 35.1 Å². The number of rotatable bonds is 4. The highest BCUT2D eigenvalue weighted by Gasteiger charge is 2.44. The summed E-state index contributed by atoms with van der Waals surface area (Å²) in [6, 6.07) is 8.26. The van der Waals surface area contributed by atoms with Gasteiger partial charge >= 0.3 is 0 Å². The minimum atomic E-state index is -1.07. The summed E-state index contributed by atoms with van der Waals surface area (Å²) in [5.41, 5.74) is 3.61. The number of hydrogen-bond acceptors (Lipinski definition) is 8. The summed E-state index contributed by atoms with van der Waals surface area (Å²) in [6.45, 7) is 1.26. The van der Waals surface area contributed by atoms with Crippen molar-refractivity contribution in [2.24, 2.45) is 0 Å². The van der Waals surface area contributed by atoms with Crippen LogP contribution in [-0.2, 0) is 11.2 Å². The molecular weight excluding hydrogens is 396 g/mol. The molecule has 1 fully saturated rings. The first-order valence-electron chi connectivity index (χ1n) is 9.38. The number of aliphatic hydroxyl groups excluding tert-OH is 2. The van der Waals surface area contributed by atoms with Gasteiger partial charge in [0, 0.05) is 18.8 Å². The molecule has 1 aromatic carbocycles. The number of nitrogens with zero attached hydrogens (tertiary/aromatic N) is 5. The molecular formula is C19H23ClN6O3. The van der Waals surface area contributed by atoms with E-state index in [0.29, 0.717) is 17.7 Å². The molecule has 2 aliphatic heterocycles. The number of para-hydroxylation sites is 1. The fourth-order valence-corrected chi connectivity index (χ4v) is 4.11. The normalized spacial score (nSPS) is 26.0. The Morgan fingerprint density at radius 1 is 1.17 bits per heavy atom. The zero-order valence-electron chi connectivity index (χ0n) is 15.8. The monoisotopic (exact) mass is 418 g/mol. The van der Waals surface area contributed by atoms with Gasteiger partial charge in [0.25, 0.3) is 0 Å². The quantitative estimate of drug-likeness (QED) is 0.570. The SMILES string of the molecule is CNC[C@H]1O[C@@H](n2cnc3c(N4CCc5ccccc54)ncnc32)[C@H](O)[C@@H]1O.Cl. The first-order chi connectivity index (χ1) is 13.7. The van der Waals surface area contributed by atoms with Crippen LogP contribution < -0.4 is 10.2 Å². The number of fused-ring (bicyclic) bond motifs is 2. The Hall–Kier alpha value is -2.30. The molecule has 2 aromatic heterocycles. The summed E-state index contributed by atoms with van der Waals surface area (Å²) in [5.74, 6) is 0.730. The number of nitrogens with one attached hydrogen (secondary N) is 1. The maximum atomic E-state index is 10.5. The lowest BCUT2D eigenvalue weighted by Crippen LogP contribution is -2.36. The minimum absolute atomic E-state index is 0. The summed E-state index contributed by atoms with van der Waals surface area (Å²) >= 11 is 0. The number of aromatic nitrogens is 4. The van der Waals surface area contributed by atoms with Crippen molar-refractivity contribution in [3.8, 4) is 0 Å². The first kappa shape index (κ1) is 20.0. The summed E-state index contributed by atoms with van der Waals surface area (Å²) < 4.78 is 7.56. The lowest BCUT2D eigenvalue weighted by Gasteiger charge is -2.19. The molecule has 5 rings (SSSR count).